The number of rotatable bonds is 0. The predicted molar refractivity (Wildman–Crippen MR) is 26.1 cm³/mol. The summed E-state index contributed by atoms with van der Waals surface area (Å²) in [5.41, 5.74) is 4.50. The van der Waals surface area contributed by atoms with Gasteiger partial charge < -0.3 is 5.73 Å². The van der Waals surface area contributed by atoms with Crippen LogP contribution in [0.1, 0.15) is 20.3 Å². The molecule has 2 N–H and O–H groups in total. The first-order chi connectivity index (χ1) is 2.41. The van der Waals surface area contributed by atoms with E-state index in [9.17, 15) is 0 Å². The Labute approximate surface area is 34.2 Å². The zero-order valence-corrected chi connectivity index (χ0v) is 4.28. The third kappa shape index (κ3) is 9510. The Bertz CT molecular complexity index is 3.61. The molecule has 1 heteroatoms. The fourth-order valence-electron chi connectivity index (χ4n) is 0. The quantitative estimate of drug-likeness (QED) is 0.456. The first kappa shape index (κ1) is 8.88. The van der Waals surface area contributed by atoms with Crippen molar-refractivity contribution in [1.29, 1.82) is 0 Å². The van der Waals surface area contributed by atoms with Crippen molar-refractivity contribution >= 4 is 0 Å². The smallest absolute Gasteiger partial charge is 0.0195 e. The predicted octanol–water partition coefficient (Wildman–Crippen LogP) is 0.991. The summed E-state index contributed by atoms with van der Waals surface area (Å²) in [6.07, 6.45) is 1.25. The minimum absolute atomic E-state index is 1.25. The van der Waals surface area contributed by atoms with Crippen LogP contribution >= 0.6 is 0 Å². The van der Waals surface area contributed by atoms with Gasteiger partial charge in [-0.25, -0.2) is 0 Å². The Morgan fingerprint density at radius 3 is 1.20 bits per heavy atom. The molecule has 0 saturated carbocycles. The molecule has 0 aromatic rings. The molecule has 0 fully saturated rings. The number of hydrogen-bond acceptors (Lipinski definition) is 1. The van der Waals surface area contributed by atoms with Crippen molar-refractivity contribution in [2.75, 3.05) is 7.05 Å². The van der Waals surface area contributed by atoms with Crippen LogP contribution in [0.25, 0.3) is 0 Å². The minimum atomic E-state index is 1.25. The van der Waals surface area contributed by atoms with E-state index in [0.717, 1.165) is 0 Å². The van der Waals surface area contributed by atoms with Crippen LogP contribution in [0.3, 0.4) is 0 Å². The largest absolute Gasteiger partial charge is 0.333 e. The lowest BCUT2D eigenvalue weighted by Gasteiger charge is -1.48. The number of nitrogens with two attached hydrogens (primary N) is 1. The molecule has 5 heavy (non-hydrogen) atoms. The molecule has 0 amide bonds. The van der Waals surface area contributed by atoms with E-state index < -0.39 is 0 Å². The summed E-state index contributed by atoms with van der Waals surface area (Å²) in [7, 11) is 1.50. The van der Waals surface area contributed by atoms with Gasteiger partial charge in [-0.2, -0.15) is 0 Å². The number of hydrogen-bond donors (Lipinski definition) is 1. The van der Waals surface area contributed by atoms with Gasteiger partial charge in [-0.1, -0.05) is 20.3 Å². The molecule has 34 valence electrons. The van der Waals surface area contributed by atoms with Crippen molar-refractivity contribution in [3.63, 3.8) is 0 Å². The second-order valence-electron chi connectivity index (χ2n) is 0.707. The molecule has 0 unspecified atom stereocenters. The standard InChI is InChI=1S/C3H8.CH5N/c1-3-2;1-2/h3H2,1-2H3;2H2,1H3. The summed E-state index contributed by atoms with van der Waals surface area (Å²) in [5, 5.41) is 0. The van der Waals surface area contributed by atoms with Crippen molar-refractivity contribution in [2.45, 2.75) is 20.3 Å². The molecule has 0 heterocycles. The highest BCUT2D eigenvalue weighted by Gasteiger charge is 1.35. The van der Waals surface area contributed by atoms with Gasteiger partial charge in [0.1, 0.15) is 0 Å². The topological polar surface area (TPSA) is 26.0 Å². The van der Waals surface area contributed by atoms with Gasteiger partial charge in [0.15, 0.2) is 0 Å². The average Bonchev–Trinajstić information content (AvgIpc) is 1.46. The van der Waals surface area contributed by atoms with Crippen molar-refractivity contribution < 1.29 is 0 Å². The molecule has 0 aromatic heterocycles. The third-order valence-corrected chi connectivity index (χ3v) is 0. The third-order valence-electron chi connectivity index (χ3n) is 0. The molecule has 0 aliphatic rings. The first-order valence-electron chi connectivity index (χ1n) is 1.99. The summed E-state index contributed by atoms with van der Waals surface area (Å²) < 4.78 is 0. The van der Waals surface area contributed by atoms with E-state index >= 15 is 0 Å². The Hall–Kier alpha value is -0.0400. The van der Waals surface area contributed by atoms with Crippen LogP contribution in [0.15, 0.2) is 0 Å². The van der Waals surface area contributed by atoms with E-state index in [-0.39, 0.29) is 0 Å². The molecule has 1 nitrogen and oxygen atoms in total. The maximum Gasteiger partial charge on any atom is -0.0195 e. The SMILES string of the molecule is CCC.CN. The highest BCUT2D eigenvalue weighted by molar-refractivity contribution is 3.92. The van der Waals surface area contributed by atoms with Gasteiger partial charge in [0.2, 0.25) is 0 Å². The van der Waals surface area contributed by atoms with E-state index in [1.54, 1.807) is 0 Å². The maximum atomic E-state index is 4.50. The Morgan fingerprint density at radius 2 is 1.20 bits per heavy atom. The second kappa shape index (κ2) is 37.6. The highest BCUT2D eigenvalue weighted by atomic mass is 14.4. The molecule has 0 radical (unpaired) electrons. The van der Waals surface area contributed by atoms with Crippen molar-refractivity contribution in [2.24, 2.45) is 5.73 Å². The van der Waals surface area contributed by atoms with Crippen LogP contribution in [0, 0.1) is 0 Å². The van der Waals surface area contributed by atoms with Crippen LogP contribution in [0.4, 0.5) is 0 Å². The molecular formula is C4H13N. The lowest BCUT2D eigenvalue weighted by molar-refractivity contribution is 1.09. The van der Waals surface area contributed by atoms with Gasteiger partial charge in [-0.05, 0) is 7.05 Å². The minimum Gasteiger partial charge on any atom is -0.333 e. The molecule has 0 aromatic carbocycles. The Balaban J connectivity index is 0. The monoisotopic (exact) mass is 75.1 g/mol. The zero-order valence-electron chi connectivity index (χ0n) is 4.28. The van der Waals surface area contributed by atoms with Gasteiger partial charge in [-0.3, -0.25) is 0 Å². The van der Waals surface area contributed by atoms with E-state index in [1.807, 2.05) is 0 Å². The highest BCUT2D eigenvalue weighted by Crippen LogP contribution is 1.56. The lowest BCUT2D eigenvalue weighted by Crippen LogP contribution is -1.69. The maximum absolute atomic E-state index is 4.50. The van der Waals surface area contributed by atoms with Crippen LogP contribution in [0.2, 0.25) is 0 Å². The molecule has 0 rings (SSSR count). The summed E-state index contributed by atoms with van der Waals surface area (Å²) in [5.74, 6) is 0. The lowest BCUT2D eigenvalue weighted by atomic mass is 10.6. The van der Waals surface area contributed by atoms with Crippen molar-refractivity contribution in [1.82, 2.24) is 0 Å². The molecular weight excluding hydrogens is 62.1 g/mol. The van der Waals surface area contributed by atoms with Crippen molar-refractivity contribution in [3.05, 3.63) is 0 Å². The summed E-state index contributed by atoms with van der Waals surface area (Å²) in [6, 6.07) is 0. The molecule has 0 aliphatic carbocycles. The van der Waals surface area contributed by atoms with Crippen LogP contribution in [-0.4, -0.2) is 7.05 Å². The average molecular weight is 75.2 g/mol. The van der Waals surface area contributed by atoms with Gasteiger partial charge in [-0.15, -0.1) is 0 Å². The van der Waals surface area contributed by atoms with Gasteiger partial charge in [0.05, 0.1) is 0 Å². The Kier molecular flexibility index (Phi) is 66.8. The normalized spacial score (nSPS) is 4.80. The van der Waals surface area contributed by atoms with Gasteiger partial charge in [0.25, 0.3) is 0 Å². The van der Waals surface area contributed by atoms with E-state index in [2.05, 4.69) is 19.6 Å². The first-order valence-corrected chi connectivity index (χ1v) is 1.99. The van der Waals surface area contributed by atoms with Crippen LogP contribution in [-0.2, 0) is 0 Å². The summed E-state index contributed by atoms with van der Waals surface area (Å²) in [4.78, 5) is 0. The molecule has 0 spiro atoms. The molecule has 0 atom stereocenters. The van der Waals surface area contributed by atoms with Crippen LogP contribution < -0.4 is 5.73 Å². The van der Waals surface area contributed by atoms with Gasteiger partial charge >= 0.3 is 0 Å². The summed E-state index contributed by atoms with van der Waals surface area (Å²) in [6.45, 7) is 4.25. The Morgan fingerprint density at radius 1 is 1.20 bits per heavy atom. The zero-order chi connectivity index (χ0) is 4.71. The van der Waals surface area contributed by atoms with Gasteiger partial charge in [0, 0.05) is 0 Å². The molecule has 0 saturated heterocycles. The molecule has 0 aliphatic heterocycles. The van der Waals surface area contributed by atoms with E-state index in [0.29, 0.717) is 0 Å². The fourth-order valence-corrected chi connectivity index (χ4v) is 0. The van der Waals surface area contributed by atoms with E-state index in [1.165, 1.54) is 13.5 Å². The summed E-state index contributed by atoms with van der Waals surface area (Å²) >= 11 is 0. The van der Waals surface area contributed by atoms with Crippen molar-refractivity contribution in [3.8, 4) is 0 Å². The fraction of sp³-hybridized carbons (Fsp3) is 1.00. The second-order valence-corrected chi connectivity index (χ2v) is 0.707. The van der Waals surface area contributed by atoms with Crippen LogP contribution in [0.5, 0.6) is 0 Å². The van der Waals surface area contributed by atoms with E-state index in [4.69, 9.17) is 0 Å². The molecule has 0 bridgehead atoms.